The molecule has 1 aromatic heterocycles. The van der Waals surface area contributed by atoms with Crippen LogP contribution in [0.1, 0.15) is 31.5 Å². The van der Waals surface area contributed by atoms with Crippen molar-refractivity contribution in [2.24, 2.45) is 5.92 Å². The third-order valence-electron chi connectivity index (χ3n) is 4.90. The predicted octanol–water partition coefficient (Wildman–Crippen LogP) is 1.26. The minimum absolute atomic E-state index is 0.330. The molecule has 0 unspecified atom stereocenters. The van der Waals surface area contributed by atoms with E-state index in [0.29, 0.717) is 24.3 Å². The maximum Gasteiger partial charge on any atom is 0.222 e. The van der Waals surface area contributed by atoms with E-state index in [2.05, 4.69) is 19.8 Å². The number of piperidine rings is 2. The van der Waals surface area contributed by atoms with Gasteiger partial charge in [0, 0.05) is 58.2 Å². The van der Waals surface area contributed by atoms with Crippen molar-refractivity contribution in [1.29, 1.82) is 0 Å². The number of ether oxygens (including phenoxy) is 1. The van der Waals surface area contributed by atoms with E-state index < -0.39 is 0 Å². The molecule has 1 aromatic rings. The van der Waals surface area contributed by atoms with Crippen molar-refractivity contribution in [1.82, 2.24) is 19.8 Å². The summed E-state index contributed by atoms with van der Waals surface area (Å²) in [5.74, 6) is 1.96. The summed E-state index contributed by atoms with van der Waals surface area (Å²) in [6.07, 6.45) is 7.41. The largest absolute Gasteiger partial charge is 0.385 e. The first kappa shape index (κ1) is 15.5. The number of methoxy groups -OCH3 is 1. The van der Waals surface area contributed by atoms with E-state index in [1.54, 1.807) is 13.3 Å². The maximum atomic E-state index is 12.2. The molecule has 2 aliphatic rings. The Kier molecular flexibility index (Phi) is 5.10. The summed E-state index contributed by atoms with van der Waals surface area (Å²) in [6.45, 7) is 4.56. The van der Waals surface area contributed by atoms with E-state index in [1.807, 2.05) is 6.20 Å². The summed E-state index contributed by atoms with van der Waals surface area (Å²) >= 11 is 0. The number of amides is 1. The van der Waals surface area contributed by atoms with Crippen LogP contribution in [0.5, 0.6) is 0 Å². The fourth-order valence-electron chi connectivity index (χ4n) is 3.84. The number of nitrogens with one attached hydrogen (secondary N) is 1. The third-order valence-corrected chi connectivity index (χ3v) is 4.90. The zero-order valence-electron chi connectivity index (χ0n) is 13.3. The van der Waals surface area contributed by atoms with Gasteiger partial charge < -0.3 is 14.6 Å². The first-order valence-electron chi connectivity index (χ1n) is 8.27. The number of H-pyrrole nitrogens is 1. The van der Waals surface area contributed by atoms with Crippen LogP contribution in [0.25, 0.3) is 0 Å². The molecule has 2 aliphatic heterocycles. The average molecular weight is 306 g/mol. The van der Waals surface area contributed by atoms with Gasteiger partial charge in [0.05, 0.1) is 6.54 Å². The summed E-state index contributed by atoms with van der Waals surface area (Å²) in [5.41, 5.74) is 0. The smallest absolute Gasteiger partial charge is 0.222 e. The molecule has 6 heteroatoms. The van der Waals surface area contributed by atoms with Gasteiger partial charge in [0.15, 0.2) is 0 Å². The minimum atomic E-state index is 0.330. The summed E-state index contributed by atoms with van der Waals surface area (Å²) in [4.78, 5) is 24.3. The van der Waals surface area contributed by atoms with Crippen LogP contribution in [0.4, 0.5) is 0 Å². The van der Waals surface area contributed by atoms with Gasteiger partial charge in [0.2, 0.25) is 5.91 Å². The molecule has 1 amide bonds. The van der Waals surface area contributed by atoms with Gasteiger partial charge in [-0.2, -0.15) is 0 Å². The quantitative estimate of drug-likeness (QED) is 0.804. The molecule has 0 aliphatic carbocycles. The molecule has 3 heterocycles. The molecule has 1 N–H and O–H groups in total. The summed E-state index contributed by atoms with van der Waals surface area (Å²) in [6, 6.07) is 0.422. The molecular weight excluding hydrogens is 280 g/mol. The van der Waals surface area contributed by atoms with E-state index in [-0.39, 0.29) is 0 Å². The van der Waals surface area contributed by atoms with Gasteiger partial charge in [0.1, 0.15) is 5.82 Å². The Labute approximate surface area is 131 Å². The Morgan fingerprint density at radius 3 is 3.14 bits per heavy atom. The van der Waals surface area contributed by atoms with E-state index in [1.165, 1.54) is 0 Å². The van der Waals surface area contributed by atoms with Gasteiger partial charge in [-0.3, -0.25) is 9.69 Å². The van der Waals surface area contributed by atoms with Crippen molar-refractivity contribution in [3.8, 4) is 0 Å². The standard InChI is InChI=1S/C16H26N4O2/c1-22-10-2-8-20-14-5-9-19(12-15-17-6-7-18-15)11-13(14)3-4-16(20)21/h6-7,13-14H,2-5,8-12H2,1H3,(H,17,18)/t13-,14+/m0/s1. The van der Waals surface area contributed by atoms with Crippen molar-refractivity contribution < 1.29 is 9.53 Å². The first-order valence-corrected chi connectivity index (χ1v) is 8.27. The third kappa shape index (κ3) is 3.50. The van der Waals surface area contributed by atoms with Crippen LogP contribution in [0.2, 0.25) is 0 Å². The molecule has 3 rings (SSSR count). The van der Waals surface area contributed by atoms with E-state index in [0.717, 1.165) is 57.9 Å². The highest BCUT2D eigenvalue weighted by molar-refractivity contribution is 5.77. The second-order valence-corrected chi connectivity index (χ2v) is 6.36. The van der Waals surface area contributed by atoms with Crippen LogP contribution in [0.15, 0.2) is 12.4 Å². The Bertz CT molecular complexity index is 477. The molecule has 2 fully saturated rings. The number of fused-ring (bicyclic) bond motifs is 1. The molecule has 0 bridgehead atoms. The van der Waals surface area contributed by atoms with Crippen molar-refractivity contribution in [2.45, 2.75) is 38.3 Å². The van der Waals surface area contributed by atoms with Crippen molar-refractivity contribution in [2.75, 3.05) is 33.4 Å². The van der Waals surface area contributed by atoms with Crippen molar-refractivity contribution in [3.05, 3.63) is 18.2 Å². The number of hydrogen-bond donors (Lipinski definition) is 1. The Morgan fingerprint density at radius 1 is 1.45 bits per heavy atom. The zero-order chi connectivity index (χ0) is 15.4. The van der Waals surface area contributed by atoms with E-state index in [9.17, 15) is 4.79 Å². The predicted molar refractivity (Wildman–Crippen MR) is 83.2 cm³/mol. The van der Waals surface area contributed by atoms with Gasteiger partial charge in [-0.25, -0.2) is 4.98 Å². The maximum absolute atomic E-state index is 12.2. The molecule has 2 atom stereocenters. The van der Waals surface area contributed by atoms with Crippen LogP contribution in [-0.4, -0.2) is 65.1 Å². The molecule has 122 valence electrons. The van der Waals surface area contributed by atoms with Gasteiger partial charge in [-0.1, -0.05) is 0 Å². The second-order valence-electron chi connectivity index (χ2n) is 6.36. The molecule has 6 nitrogen and oxygen atoms in total. The van der Waals surface area contributed by atoms with E-state index >= 15 is 0 Å². The van der Waals surface area contributed by atoms with Crippen molar-refractivity contribution >= 4 is 5.91 Å². The number of hydrogen-bond acceptors (Lipinski definition) is 4. The summed E-state index contributed by atoms with van der Waals surface area (Å²) < 4.78 is 5.12. The lowest BCUT2D eigenvalue weighted by atomic mass is 9.83. The number of aromatic nitrogens is 2. The van der Waals surface area contributed by atoms with Crippen molar-refractivity contribution in [3.63, 3.8) is 0 Å². The number of carbonyl (C=O) groups is 1. The van der Waals surface area contributed by atoms with Crippen LogP contribution >= 0.6 is 0 Å². The number of nitrogens with zero attached hydrogens (tertiary/aromatic N) is 3. The van der Waals surface area contributed by atoms with Crippen LogP contribution in [-0.2, 0) is 16.1 Å². The number of rotatable bonds is 6. The highest BCUT2D eigenvalue weighted by Crippen LogP contribution is 2.31. The monoisotopic (exact) mass is 306 g/mol. The lowest BCUT2D eigenvalue weighted by molar-refractivity contribution is -0.141. The van der Waals surface area contributed by atoms with Gasteiger partial charge in [0.25, 0.3) is 0 Å². The average Bonchev–Trinajstić information content (AvgIpc) is 3.02. The molecule has 0 saturated carbocycles. The number of likely N-dealkylation sites (tertiary alicyclic amines) is 2. The topological polar surface area (TPSA) is 61.5 Å². The number of imidazole rings is 1. The number of aromatic amines is 1. The van der Waals surface area contributed by atoms with E-state index in [4.69, 9.17) is 4.74 Å². The molecule has 0 spiro atoms. The fraction of sp³-hybridized carbons (Fsp3) is 0.750. The SMILES string of the molecule is COCCCN1C(=O)CC[C@H]2CN(Cc3ncc[nH]3)CC[C@H]21. The summed E-state index contributed by atoms with van der Waals surface area (Å²) in [5, 5.41) is 0. The minimum Gasteiger partial charge on any atom is -0.385 e. The normalized spacial score (nSPS) is 26.2. The van der Waals surface area contributed by atoms with Gasteiger partial charge in [-0.05, 0) is 25.2 Å². The van der Waals surface area contributed by atoms with Crippen LogP contribution < -0.4 is 0 Å². The Hall–Kier alpha value is -1.40. The Morgan fingerprint density at radius 2 is 2.36 bits per heavy atom. The fourth-order valence-corrected chi connectivity index (χ4v) is 3.84. The lowest BCUT2D eigenvalue weighted by Crippen LogP contribution is -2.56. The highest BCUT2D eigenvalue weighted by Gasteiger charge is 2.38. The van der Waals surface area contributed by atoms with Gasteiger partial charge >= 0.3 is 0 Å². The molecule has 22 heavy (non-hydrogen) atoms. The molecule has 0 aromatic carbocycles. The Balaban J connectivity index is 1.57. The lowest BCUT2D eigenvalue weighted by Gasteiger charge is -2.47. The van der Waals surface area contributed by atoms with Crippen LogP contribution in [0.3, 0.4) is 0 Å². The number of carbonyl (C=O) groups excluding carboxylic acids is 1. The summed E-state index contributed by atoms with van der Waals surface area (Å²) in [7, 11) is 1.72. The molecular formula is C16H26N4O2. The van der Waals surface area contributed by atoms with Crippen LogP contribution in [0, 0.1) is 5.92 Å². The highest BCUT2D eigenvalue weighted by atomic mass is 16.5. The first-order chi connectivity index (χ1) is 10.8. The molecule has 2 saturated heterocycles. The molecule has 0 radical (unpaired) electrons. The van der Waals surface area contributed by atoms with Gasteiger partial charge in [-0.15, -0.1) is 0 Å². The zero-order valence-corrected chi connectivity index (χ0v) is 13.3. The second kappa shape index (κ2) is 7.24.